The molecular weight excluding hydrogens is 362 g/mol. The van der Waals surface area contributed by atoms with Gasteiger partial charge in [-0.2, -0.15) is 5.10 Å². The second kappa shape index (κ2) is 6.59. The molecule has 6 nitrogen and oxygen atoms in total. The van der Waals surface area contributed by atoms with Crippen molar-refractivity contribution in [1.82, 2.24) is 9.61 Å². The number of aromatic nitrogens is 2. The smallest absolute Gasteiger partial charge is 0.252 e. The molecular formula is C23H29N5O. The number of carbonyl (C=O) groups is 1. The lowest BCUT2D eigenvalue weighted by atomic mass is 9.75. The fourth-order valence-corrected chi connectivity index (χ4v) is 4.33. The van der Waals surface area contributed by atoms with Gasteiger partial charge in [-0.25, -0.2) is 4.52 Å². The summed E-state index contributed by atoms with van der Waals surface area (Å²) < 4.78 is 1.80. The maximum Gasteiger partial charge on any atom is 0.252 e. The van der Waals surface area contributed by atoms with Crippen molar-refractivity contribution in [1.29, 1.82) is 0 Å². The highest BCUT2D eigenvalue weighted by Crippen LogP contribution is 2.46. The predicted molar refractivity (Wildman–Crippen MR) is 117 cm³/mol. The molecule has 1 aromatic carbocycles. The van der Waals surface area contributed by atoms with E-state index in [0.717, 1.165) is 35.2 Å². The number of nitrogens with two attached hydrogens (primary N) is 2. The number of hydrogen-bond acceptors (Lipinski definition) is 4. The van der Waals surface area contributed by atoms with E-state index in [1.807, 2.05) is 12.3 Å². The van der Waals surface area contributed by atoms with Gasteiger partial charge in [-0.05, 0) is 38.3 Å². The van der Waals surface area contributed by atoms with E-state index in [1.54, 1.807) is 10.7 Å². The third kappa shape index (κ3) is 3.17. The van der Waals surface area contributed by atoms with Gasteiger partial charge in [-0.15, -0.1) is 0 Å². The second-order valence-corrected chi connectivity index (χ2v) is 9.10. The average Bonchev–Trinajstić information content (AvgIpc) is 3.16. The largest absolute Gasteiger partial charge is 0.379 e. The van der Waals surface area contributed by atoms with Crippen LogP contribution in [0.25, 0.3) is 16.6 Å². The Balaban J connectivity index is 1.83. The van der Waals surface area contributed by atoms with Crippen LogP contribution in [0.4, 0.5) is 5.69 Å². The van der Waals surface area contributed by atoms with Gasteiger partial charge in [0.15, 0.2) is 0 Å². The highest BCUT2D eigenvalue weighted by molar-refractivity contribution is 6.02. The van der Waals surface area contributed by atoms with Crippen molar-refractivity contribution in [3.05, 3.63) is 53.9 Å². The topological polar surface area (TPSA) is 98.4 Å². The maximum absolute atomic E-state index is 12.2. The van der Waals surface area contributed by atoms with Gasteiger partial charge in [0.1, 0.15) is 0 Å². The van der Waals surface area contributed by atoms with Crippen LogP contribution in [0.2, 0.25) is 0 Å². The first-order valence-electron chi connectivity index (χ1n) is 10.0. The van der Waals surface area contributed by atoms with E-state index in [4.69, 9.17) is 11.5 Å². The molecule has 0 aliphatic heterocycles. The fraction of sp³-hybridized carbons (Fsp3) is 0.391. The van der Waals surface area contributed by atoms with Crippen LogP contribution < -0.4 is 16.8 Å². The van der Waals surface area contributed by atoms with Gasteiger partial charge in [0.25, 0.3) is 5.91 Å². The molecule has 5 N–H and O–H groups in total. The van der Waals surface area contributed by atoms with Crippen LogP contribution in [-0.2, 0) is 0 Å². The number of fused-ring (bicyclic) bond motifs is 1. The minimum atomic E-state index is -0.493. The van der Waals surface area contributed by atoms with Crippen LogP contribution in [0.3, 0.4) is 0 Å². The number of rotatable bonds is 4. The Hall–Kier alpha value is -2.86. The molecule has 2 heterocycles. The molecule has 0 bridgehead atoms. The van der Waals surface area contributed by atoms with E-state index in [-0.39, 0.29) is 17.0 Å². The van der Waals surface area contributed by atoms with Gasteiger partial charge < -0.3 is 16.8 Å². The Bertz CT molecular complexity index is 1100. The molecule has 2 aromatic heterocycles. The zero-order valence-electron chi connectivity index (χ0n) is 17.5. The van der Waals surface area contributed by atoms with Crippen molar-refractivity contribution in [2.24, 2.45) is 16.9 Å². The predicted octanol–water partition coefficient (Wildman–Crippen LogP) is 3.73. The highest BCUT2D eigenvalue weighted by atomic mass is 16.1. The molecule has 0 spiro atoms. The van der Waals surface area contributed by atoms with Gasteiger partial charge in [0.05, 0.1) is 23.0 Å². The first-order valence-corrected chi connectivity index (χ1v) is 10.0. The fourth-order valence-electron chi connectivity index (χ4n) is 4.33. The molecule has 0 unspecified atom stereocenters. The van der Waals surface area contributed by atoms with Gasteiger partial charge in [0.2, 0.25) is 0 Å². The lowest BCUT2D eigenvalue weighted by Crippen LogP contribution is -2.51. The van der Waals surface area contributed by atoms with Crippen molar-refractivity contribution in [3.63, 3.8) is 0 Å². The SMILES string of the molecule is Cc1cccc(-c2cc3c(N[C@@H]4CC[C@](C)(N)C4(C)C)c(C(N)=O)cnn3c2)c1. The molecule has 6 heteroatoms. The van der Waals surface area contributed by atoms with Crippen molar-refractivity contribution in [2.45, 2.75) is 52.1 Å². The number of anilines is 1. The standard InChI is InChI=1S/C23H29N5O/c1-14-6-5-7-15(10-14)16-11-18-20(17(21(24)29)12-26-28(18)13-16)27-19-8-9-23(4,25)22(19,2)3/h5-7,10-13,19,27H,8-9,25H2,1-4H3,(H2,24,29)/t19-,23+/m1/s1. The van der Waals surface area contributed by atoms with Crippen molar-refractivity contribution >= 4 is 17.1 Å². The summed E-state index contributed by atoms with van der Waals surface area (Å²) in [5, 5.41) is 8.04. The summed E-state index contributed by atoms with van der Waals surface area (Å²) in [5.74, 6) is -0.493. The third-order valence-corrected chi connectivity index (χ3v) is 6.87. The molecule has 152 valence electrons. The molecule has 0 saturated heterocycles. The van der Waals surface area contributed by atoms with Crippen LogP contribution >= 0.6 is 0 Å². The number of benzene rings is 1. The minimum Gasteiger partial charge on any atom is -0.379 e. The molecule has 1 saturated carbocycles. The molecule has 1 aliphatic carbocycles. The Morgan fingerprint density at radius 1 is 1.24 bits per heavy atom. The molecule has 1 fully saturated rings. The van der Waals surface area contributed by atoms with Crippen LogP contribution in [0.15, 0.2) is 42.7 Å². The summed E-state index contributed by atoms with van der Waals surface area (Å²) in [5.41, 5.74) is 17.1. The lowest BCUT2D eigenvalue weighted by molar-refractivity contribution is 0.100. The number of primary amides is 1. The van der Waals surface area contributed by atoms with Gasteiger partial charge in [-0.3, -0.25) is 4.79 Å². The normalized spacial score (nSPS) is 23.4. The number of carbonyl (C=O) groups excluding carboxylic acids is 1. The summed E-state index contributed by atoms with van der Waals surface area (Å²) in [4.78, 5) is 12.2. The third-order valence-electron chi connectivity index (χ3n) is 6.87. The molecule has 0 radical (unpaired) electrons. The van der Waals surface area contributed by atoms with E-state index in [1.165, 1.54) is 5.56 Å². The molecule has 1 aliphatic rings. The van der Waals surface area contributed by atoms with E-state index in [9.17, 15) is 4.79 Å². The molecule has 2 atom stereocenters. The zero-order valence-corrected chi connectivity index (χ0v) is 17.5. The number of aryl methyl sites for hydroxylation is 1. The monoisotopic (exact) mass is 391 g/mol. The van der Waals surface area contributed by atoms with Crippen LogP contribution in [0.1, 0.15) is 49.5 Å². The lowest BCUT2D eigenvalue weighted by Gasteiger charge is -2.39. The number of nitrogens with zero attached hydrogens (tertiary/aromatic N) is 2. The molecule has 3 aromatic rings. The van der Waals surface area contributed by atoms with Crippen molar-refractivity contribution in [3.8, 4) is 11.1 Å². The Labute approximate surface area is 171 Å². The van der Waals surface area contributed by atoms with E-state index in [2.05, 4.69) is 62.4 Å². The maximum atomic E-state index is 12.2. The van der Waals surface area contributed by atoms with Crippen molar-refractivity contribution in [2.75, 3.05) is 5.32 Å². The summed E-state index contributed by atoms with van der Waals surface area (Å²) in [6.45, 7) is 8.52. The Kier molecular flexibility index (Phi) is 4.42. The Morgan fingerprint density at radius 3 is 2.62 bits per heavy atom. The number of nitrogens with one attached hydrogen (secondary N) is 1. The first kappa shape index (κ1) is 19.5. The van der Waals surface area contributed by atoms with Gasteiger partial charge in [0, 0.05) is 28.8 Å². The van der Waals surface area contributed by atoms with Crippen LogP contribution in [0, 0.1) is 12.3 Å². The zero-order chi connectivity index (χ0) is 21.0. The number of amides is 1. The quantitative estimate of drug-likeness (QED) is 0.631. The summed E-state index contributed by atoms with van der Waals surface area (Å²) in [6, 6.07) is 10.5. The van der Waals surface area contributed by atoms with E-state index in [0.29, 0.717) is 5.56 Å². The average molecular weight is 392 g/mol. The highest BCUT2D eigenvalue weighted by Gasteiger charge is 2.49. The first-order chi connectivity index (χ1) is 13.6. The molecule has 29 heavy (non-hydrogen) atoms. The van der Waals surface area contributed by atoms with Gasteiger partial charge >= 0.3 is 0 Å². The van der Waals surface area contributed by atoms with E-state index >= 15 is 0 Å². The minimum absolute atomic E-state index is 0.124. The summed E-state index contributed by atoms with van der Waals surface area (Å²) in [6.07, 6.45) is 5.37. The summed E-state index contributed by atoms with van der Waals surface area (Å²) in [7, 11) is 0. The number of hydrogen-bond donors (Lipinski definition) is 3. The van der Waals surface area contributed by atoms with Crippen molar-refractivity contribution < 1.29 is 4.79 Å². The van der Waals surface area contributed by atoms with E-state index < -0.39 is 5.91 Å². The molecule has 1 amide bonds. The van der Waals surface area contributed by atoms with Crippen LogP contribution in [0.5, 0.6) is 0 Å². The Morgan fingerprint density at radius 2 is 2.00 bits per heavy atom. The second-order valence-electron chi connectivity index (χ2n) is 9.10. The van der Waals surface area contributed by atoms with Gasteiger partial charge in [-0.1, -0.05) is 43.7 Å². The molecule has 4 rings (SSSR count). The van der Waals surface area contributed by atoms with Crippen LogP contribution in [-0.4, -0.2) is 27.1 Å². The summed E-state index contributed by atoms with van der Waals surface area (Å²) >= 11 is 0.